The third-order valence-electron chi connectivity index (χ3n) is 3.51. The van der Waals surface area contributed by atoms with E-state index >= 15 is 0 Å². The molecule has 1 aromatic heterocycles. The number of hydrogen-bond acceptors (Lipinski definition) is 2. The van der Waals surface area contributed by atoms with E-state index in [0.29, 0.717) is 5.92 Å². The van der Waals surface area contributed by atoms with Crippen molar-refractivity contribution < 1.29 is 0 Å². The van der Waals surface area contributed by atoms with Gasteiger partial charge in [0.2, 0.25) is 0 Å². The molecule has 1 aromatic carbocycles. The van der Waals surface area contributed by atoms with Crippen molar-refractivity contribution in [2.24, 2.45) is 5.73 Å². The van der Waals surface area contributed by atoms with Crippen LogP contribution >= 0.6 is 11.6 Å². The quantitative estimate of drug-likeness (QED) is 0.907. The van der Waals surface area contributed by atoms with Crippen LogP contribution in [0.2, 0.25) is 5.02 Å². The summed E-state index contributed by atoms with van der Waals surface area (Å²) in [6.07, 6.45) is 3.74. The van der Waals surface area contributed by atoms with Crippen molar-refractivity contribution in [2.45, 2.75) is 45.6 Å². The predicted octanol–water partition coefficient (Wildman–Crippen LogP) is 3.93. The molecule has 3 nitrogen and oxygen atoms in total. The molecule has 0 aliphatic rings. The topological polar surface area (TPSA) is 43.8 Å². The second kappa shape index (κ2) is 6.42. The third kappa shape index (κ3) is 3.41. The summed E-state index contributed by atoms with van der Waals surface area (Å²) in [6.45, 7) is 6.36. The van der Waals surface area contributed by atoms with E-state index < -0.39 is 0 Å². The maximum atomic E-state index is 6.35. The Hall–Kier alpha value is -1.32. The van der Waals surface area contributed by atoms with Crippen LogP contribution in [-0.2, 0) is 6.42 Å². The molecule has 0 amide bonds. The van der Waals surface area contributed by atoms with Gasteiger partial charge in [-0.05, 0) is 42.5 Å². The van der Waals surface area contributed by atoms with Gasteiger partial charge in [-0.2, -0.15) is 5.10 Å². The van der Waals surface area contributed by atoms with Gasteiger partial charge in [0.05, 0.1) is 11.4 Å². The lowest BCUT2D eigenvalue weighted by molar-refractivity contribution is 0.646. The number of benzene rings is 1. The largest absolute Gasteiger partial charge is 0.327 e. The highest BCUT2D eigenvalue weighted by Crippen LogP contribution is 2.22. The van der Waals surface area contributed by atoms with Gasteiger partial charge in [-0.25, -0.2) is 4.68 Å². The third-order valence-corrected chi connectivity index (χ3v) is 3.86. The van der Waals surface area contributed by atoms with Crippen molar-refractivity contribution in [3.8, 4) is 5.69 Å². The highest BCUT2D eigenvalue weighted by atomic mass is 35.5. The molecule has 4 heteroatoms. The van der Waals surface area contributed by atoms with E-state index in [4.69, 9.17) is 17.3 Å². The van der Waals surface area contributed by atoms with Gasteiger partial charge in [-0.15, -0.1) is 0 Å². The summed E-state index contributed by atoms with van der Waals surface area (Å²) in [5.41, 5.74) is 9.15. The molecule has 2 rings (SSSR count). The minimum absolute atomic E-state index is 0.163. The second-order valence-corrected chi connectivity index (χ2v) is 5.90. The lowest BCUT2D eigenvalue weighted by Gasteiger charge is -2.11. The first-order valence-corrected chi connectivity index (χ1v) is 7.49. The van der Waals surface area contributed by atoms with Crippen molar-refractivity contribution >= 4 is 11.6 Å². The summed E-state index contributed by atoms with van der Waals surface area (Å²) in [5, 5.41) is 5.32. The molecule has 0 saturated heterocycles. The Bertz CT molecular complexity index is 575. The molecule has 1 unspecified atom stereocenters. The first kappa shape index (κ1) is 15.1. The minimum Gasteiger partial charge on any atom is -0.327 e. The number of rotatable bonds is 5. The average Bonchev–Trinajstić information content (AvgIpc) is 2.90. The molecule has 1 heterocycles. The van der Waals surface area contributed by atoms with E-state index in [1.54, 1.807) is 0 Å². The molecule has 20 heavy (non-hydrogen) atoms. The standard InChI is InChI=1S/C16H22ClN3/c1-4-13(18)9-12-5-6-14(10-15(12)17)20-8-7-16(19-20)11(2)3/h5-8,10-11,13H,4,9,18H2,1-3H3. The van der Waals surface area contributed by atoms with Crippen LogP contribution in [0.5, 0.6) is 0 Å². The van der Waals surface area contributed by atoms with E-state index in [9.17, 15) is 0 Å². The predicted molar refractivity (Wildman–Crippen MR) is 84.6 cm³/mol. The Morgan fingerprint density at radius 2 is 2.05 bits per heavy atom. The van der Waals surface area contributed by atoms with Gasteiger partial charge in [-0.3, -0.25) is 0 Å². The molecular weight excluding hydrogens is 270 g/mol. The molecule has 2 aromatic rings. The fraction of sp³-hybridized carbons (Fsp3) is 0.438. The zero-order valence-electron chi connectivity index (χ0n) is 12.3. The van der Waals surface area contributed by atoms with Crippen LogP contribution in [-0.4, -0.2) is 15.8 Å². The SMILES string of the molecule is CCC(N)Cc1ccc(-n2ccc(C(C)C)n2)cc1Cl. The lowest BCUT2D eigenvalue weighted by Crippen LogP contribution is -2.21. The fourth-order valence-electron chi connectivity index (χ4n) is 2.06. The molecule has 0 bridgehead atoms. The molecule has 0 saturated carbocycles. The van der Waals surface area contributed by atoms with Gasteiger partial charge in [-0.1, -0.05) is 38.4 Å². The van der Waals surface area contributed by atoms with E-state index in [-0.39, 0.29) is 6.04 Å². The number of aromatic nitrogens is 2. The molecule has 0 aliphatic carbocycles. The summed E-state index contributed by atoms with van der Waals surface area (Å²) in [5.74, 6) is 0.425. The van der Waals surface area contributed by atoms with Crippen molar-refractivity contribution in [2.75, 3.05) is 0 Å². The summed E-state index contributed by atoms with van der Waals surface area (Å²) in [4.78, 5) is 0. The Balaban J connectivity index is 2.23. The van der Waals surface area contributed by atoms with Crippen LogP contribution in [0.4, 0.5) is 0 Å². The molecule has 0 fully saturated rings. The van der Waals surface area contributed by atoms with Gasteiger partial charge in [0, 0.05) is 17.3 Å². The van der Waals surface area contributed by atoms with E-state index in [0.717, 1.165) is 34.8 Å². The van der Waals surface area contributed by atoms with E-state index in [2.05, 4.69) is 25.9 Å². The highest BCUT2D eigenvalue weighted by molar-refractivity contribution is 6.31. The summed E-state index contributed by atoms with van der Waals surface area (Å²) < 4.78 is 1.87. The number of hydrogen-bond donors (Lipinski definition) is 1. The molecule has 0 radical (unpaired) electrons. The first-order valence-electron chi connectivity index (χ1n) is 7.11. The molecule has 2 N–H and O–H groups in total. The van der Waals surface area contributed by atoms with E-state index in [1.807, 2.05) is 35.1 Å². The highest BCUT2D eigenvalue weighted by Gasteiger charge is 2.09. The Kier molecular flexibility index (Phi) is 4.84. The van der Waals surface area contributed by atoms with Crippen molar-refractivity contribution in [1.82, 2.24) is 9.78 Å². The molecule has 108 valence electrons. The lowest BCUT2D eigenvalue weighted by atomic mass is 10.0. The Morgan fingerprint density at radius 3 is 2.60 bits per heavy atom. The van der Waals surface area contributed by atoms with Crippen molar-refractivity contribution in [3.05, 3.63) is 46.7 Å². The maximum Gasteiger partial charge on any atom is 0.0660 e. The molecule has 0 aliphatic heterocycles. The molecule has 0 spiro atoms. The zero-order valence-corrected chi connectivity index (χ0v) is 13.1. The van der Waals surface area contributed by atoms with Gasteiger partial charge in [0.15, 0.2) is 0 Å². The maximum absolute atomic E-state index is 6.35. The zero-order chi connectivity index (χ0) is 14.7. The Morgan fingerprint density at radius 1 is 1.30 bits per heavy atom. The van der Waals surface area contributed by atoms with Gasteiger partial charge in [0.1, 0.15) is 0 Å². The minimum atomic E-state index is 0.163. The van der Waals surface area contributed by atoms with Crippen LogP contribution in [0.1, 0.15) is 44.4 Å². The summed E-state index contributed by atoms with van der Waals surface area (Å²) in [6, 6.07) is 8.25. The fourth-order valence-corrected chi connectivity index (χ4v) is 2.31. The normalized spacial score (nSPS) is 12.9. The van der Waals surface area contributed by atoms with Crippen LogP contribution in [0, 0.1) is 0 Å². The second-order valence-electron chi connectivity index (χ2n) is 5.49. The van der Waals surface area contributed by atoms with E-state index in [1.165, 1.54) is 0 Å². The van der Waals surface area contributed by atoms with Crippen LogP contribution < -0.4 is 5.73 Å². The Labute approximate surface area is 125 Å². The monoisotopic (exact) mass is 291 g/mol. The van der Waals surface area contributed by atoms with Crippen molar-refractivity contribution in [3.63, 3.8) is 0 Å². The van der Waals surface area contributed by atoms with Gasteiger partial charge < -0.3 is 5.73 Å². The summed E-state index contributed by atoms with van der Waals surface area (Å²) >= 11 is 6.35. The smallest absolute Gasteiger partial charge is 0.0660 e. The van der Waals surface area contributed by atoms with Crippen molar-refractivity contribution in [1.29, 1.82) is 0 Å². The molecule has 1 atom stereocenters. The van der Waals surface area contributed by atoms with Crippen LogP contribution in [0.3, 0.4) is 0 Å². The number of nitrogens with zero attached hydrogens (tertiary/aromatic N) is 2. The van der Waals surface area contributed by atoms with Gasteiger partial charge >= 0.3 is 0 Å². The first-order chi connectivity index (χ1) is 9.51. The number of halogens is 1. The summed E-state index contributed by atoms with van der Waals surface area (Å²) in [7, 11) is 0. The molecular formula is C16H22ClN3. The van der Waals surface area contributed by atoms with Crippen LogP contribution in [0.15, 0.2) is 30.5 Å². The number of nitrogens with two attached hydrogens (primary N) is 1. The average molecular weight is 292 g/mol. The van der Waals surface area contributed by atoms with Crippen LogP contribution in [0.25, 0.3) is 5.69 Å². The van der Waals surface area contributed by atoms with Gasteiger partial charge in [0.25, 0.3) is 0 Å².